The molecule has 0 aliphatic rings. The summed E-state index contributed by atoms with van der Waals surface area (Å²) < 4.78 is 0. The molecule has 5 nitrogen and oxygen atoms in total. The fraction of sp³-hybridized carbons (Fsp3) is 0.143. The van der Waals surface area contributed by atoms with Crippen LogP contribution in [0.15, 0.2) is 41.3 Å². The molecule has 0 saturated heterocycles. The number of anilines is 1. The number of amides is 1. The zero-order chi connectivity index (χ0) is 13.8. The number of carbonyl (C=O) groups is 1. The van der Waals surface area contributed by atoms with E-state index in [1.807, 2.05) is 12.1 Å². The van der Waals surface area contributed by atoms with E-state index in [1.54, 1.807) is 19.1 Å². The van der Waals surface area contributed by atoms with Gasteiger partial charge >= 0.3 is 0 Å². The number of aromatic amines is 1. The number of rotatable bonds is 3. The van der Waals surface area contributed by atoms with Gasteiger partial charge in [0, 0.05) is 30.2 Å². The number of nitrogen functional groups attached to an aromatic ring is 1. The Bertz CT molecular complexity index is 644. The fourth-order valence-electron chi connectivity index (χ4n) is 1.66. The van der Waals surface area contributed by atoms with Gasteiger partial charge in [0.25, 0.3) is 5.91 Å². The molecule has 0 atom stereocenters. The smallest absolute Gasteiger partial charge is 0.257 e. The van der Waals surface area contributed by atoms with Gasteiger partial charge in [-0.25, -0.2) is 0 Å². The molecule has 4 N–H and O–H groups in total. The topological polar surface area (TPSA) is 88.0 Å². The number of aryl methyl sites for hydroxylation is 1. The highest BCUT2D eigenvalue weighted by Gasteiger charge is 2.09. The van der Waals surface area contributed by atoms with Gasteiger partial charge in [-0.2, -0.15) is 0 Å². The van der Waals surface area contributed by atoms with E-state index >= 15 is 0 Å². The first-order valence-corrected chi connectivity index (χ1v) is 5.88. The molecule has 1 amide bonds. The first-order chi connectivity index (χ1) is 9.06. The molecule has 2 aromatic rings. The Hall–Kier alpha value is -2.56. The van der Waals surface area contributed by atoms with Gasteiger partial charge in [0.15, 0.2) is 5.43 Å². The molecule has 5 heteroatoms. The Morgan fingerprint density at radius 1 is 1.32 bits per heavy atom. The van der Waals surface area contributed by atoms with Crippen molar-refractivity contribution in [2.75, 3.05) is 5.73 Å². The Morgan fingerprint density at radius 3 is 2.63 bits per heavy atom. The van der Waals surface area contributed by atoms with E-state index in [0.29, 0.717) is 12.2 Å². The van der Waals surface area contributed by atoms with Crippen LogP contribution < -0.4 is 16.5 Å². The average molecular weight is 257 g/mol. The number of benzene rings is 1. The van der Waals surface area contributed by atoms with Crippen LogP contribution >= 0.6 is 0 Å². The second-order valence-electron chi connectivity index (χ2n) is 4.32. The van der Waals surface area contributed by atoms with E-state index in [4.69, 9.17) is 5.73 Å². The Labute approximate surface area is 110 Å². The second-order valence-corrected chi connectivity index (χ2v) is 4.32. The molecule has 0 fully saturated rings. The Kier molecular flexibility index (Phi) is 3.66. The van der Waals surface area contributed by atoms with Gasteiger partial charge < -0.3 is 16.0 Å². The van der Waals surface area contributed by atoms with Gasteiger partial charge in [-0.1, -0.05) is 12.1 Å². The lowest BCUT2D eigenvalue weighted by atomic mass is 10.2. The van der Waals surface area contributed by atoms with E-state index in [0.717, 1.165) is 11.3 Å². The van der Waals surface area contributed by atoms with Gasteiger partial charge in [-0.15, -0.1) is 0 Å². The van der Waals surface area contributed by atoms with Gasteiger partial charge in [0.1, 0.15) is 5.56 Å². The molecule has 0 saturated carbocycles. The Morgan fingerprint density at radius 2 is 2.00 bits per heavy atom. The van der Waals surface area contributed by atoms with Crippen molar-refractivity contribution < 1.29 is 4.79 Å². The fourth-order valence-corrected chi connectivity index (χ4v) is 1.66. The van der Waals surface area contributed by atoms with Crippen molar-refractivity contribution in [1.82, 2.24) is 10.3 Å². The lowest BCUT2D eigenvalue weighted by Gasteiger charge is -2.05. The van der Waals surface area contributed by atoms with Gasteiger partial charge in [-0.3, -0.25) is 9.59 Å². The molecule has 98 valence electrons. The normalized spacial score (nSPS) is 10.2. The number of carbonyl (C=O) groups excluding carboxylic acids is 1. The minimum Gasteiger partial charge on any atom is -0.399 e. The van der Waals surface area contributed by atoms with Crippen LogP contribution in [0.25, 0.3) is 0 Å². The van der Waals surface area contributed by atoms with Crippen LogP contribution in [0.2, 0.25) is 0 Å². The summed E-state index contributed by atoms with van der Waals surface area (Å²) >= 11 is 0. The summed E-state index contributed by atoms with van der Waals surface area (Å²) in [6.07, 6.45) is 1.43. The largest absolute Gasteiger partial charge is 0.399 e. The van der Waals surface area contributed by atoms with E-state index < -0.39 is 5.91 Å². The standard InChI is InChI=1S/C14H15N3O2/c1-9-6-13(18)12(8-16-9)14(19)17-7-10-2-4-11(15)5-3-10/h2-6,8H,7,15H2,1H3,(H,16,18)(H,17,19). The van der Waals surface area contributed by atoms with Crippen molar-refractivity contribution in [1.29, 1.82) is 0 Å². The SMILES string of the molecule is Cc1cc(=O)c(C(=O)NCc2ccc(N)cc2)c[nH]1. The third-order valence-electron chi connectivity index (χ3n) is 2.73. The summed E-state index contributed by atoms with van der Waals surface area (Å²) in [4.78, 5) is 26.4. The highest BCUT2D eigenvalue weighted by Crippen LogP contribution is 2.05. The number of H-pyrrole nitrogens is 1. The minimum atomic E-state index is -0.391. The predicted octanol–water partition coefficient (Wildman–Crippen LogP) is 1.20. The zero-order valence-electron chi connectivity index (χ0n) is 10.6. The maximum Gasteiger partial charge on any atom is 0.257 e. The maximum atomic E-state index is 11.9. The highest BCUT2D eigenvalue weighted by molar-refractivity contribution is 5.93. The van der Waals surface area contributed by atoms with E-state index in [1.165, 1.54) is 12.3 Å². The summed E-state index contributed by atoms with van der Waals surface area (Å²) in [5, 5.41) is 2.70. The third-order valence-corrected chi connectivity index (χ3v) is 2.73. The van der Waals surface area contributed by atoms with Crippen LogP contribution in [0.5, 0.6) is 0 Å². The van der Waals surface area contributed by atoms with Gasteiger partial charge in [-0.05, 0) is 24.6 Å². The van der Waals surface area contributed by atoms with E-state index in [2.05, 4.69) is 10.3 Å². The van der Waals surface area contributed by atoms with Crippen LogP contribution in [0.4, 0.5) is 5.69 Å². The van der Waals surface area contributed by atoms with Crippen molar-refractivity contribution >= 4 is 11.6 Å². The van der Waals surface area contributed by atoms with E-state index in [-0.39, 0.29) is 11.0 Å². The molecule has 1 aromatic heterocycles. The molecule has 1 heterocycles. The lowest BCUT2D eigenvalue weighted by Crippen LogP contribution is -2.28. The number of pyridine rings is 1. The first kappa shape index (κ1) is 12.9. The molecule has 19 heavy (non-hydrogen) atoms. The second kappa shape index (κ2) is 5.39. The van der Waals surface area contributed by atoms with Crippen LogP contribution in [0, 0.1) is 6.92 Å². The van der Waals surface area contributed by atoms with Gasteiger partial charge in [0.2, 0.25) is 0 Å². The lowest BCUT2D eigenvalue weighted by molar-refractivity contribution is 0.0949. The Balaban J connectivity index is 2.05. The van der Waals surface area contributed by atoms with Crippen molar-refractivity contribution in [3.05, 3.63) is 63.6 Å². The van der Waals surface area contributed by atoms with Crippen molar-refractivity contribution in [3.63, 3.8) is 0 Å². The molecule has 1 aromatic carbocycles. The third kappa shape index (κ3) is 3.22. The molecule has 0 aliphatic heterocycles. The number of hydrogen-bond acceptors (Lipinski definition) is 3. The van der Waals surface area contributed by atoms with Crippen LogP contribution in [0.3, 0.4) is 0 Å². The highest BCUT2D eigenvalue weighted by atomic mass is 16.2. The number of aromatic nitrogens is 1. The predicted molar refractivity (Wildman–Crippen MR) is 73.8 cm³/mol. The van der Waals surface area contributed by atoms with Crippen LogP contribution in [-0.4, -0.2) is 10.9 Å². The summed E-state index contributed by atoms with van der Waals surface area (Å²) in [5.41, 5.74) is 7.72. The molecular formula is C14H15N3O2. The number of nitrogens with one attached hydrogen (secondary N) is 2. The number of hydrogen-bond donors (Lipinski definition) is 3. The molecule has 2 rings (SSSR count). The summed E-state index contributed by atoms with van der Waals surface area (Å²) in [6.45, 7) is 2.11. The average Bonchev–Trinajstić information content (AvgIpc) is 2.37. The zero-order valence-corrected chi connectivity index (χ0v) is 10.6. The van der Waals surface area contributed by atoms with Crippen molar-refractivity contribution in [2.45, 2.75) is 13.5 Å². The summed E-state index contributed by atoms with van der Waals surface area (Å²) in [5.74, 6) is -0.391. The first-order valence-electron chi connectivity index (χ1n) is 5.88. The molecule has 0 radical (unpaired) electrons. The molecule has 0 aliphatic carbocycles. The number of nitrogens with two attached hydrogens (primary N) is 1. The summed E-state index contributed by atoms with van der Waals surface area (Å²) in [7, 11) is 0. The van der Waals surface area contributed by atoms with E-state index in [9.17, 15) is 9.59 Å². The summed E-state index contributed by atoms with van der Waals surface area (Å²) in [6, 6.07) is 8.59. The molecule has 0 bridgehead atoms. The monoisotopic (exact) mass is 257 g/mol. The van der Waals surface area contributed by atoms with Crippen molar-refractivity contribution in [2.24, 2.45) is 0 Å². The van der Waals surface area contributed by atoms with Crippen molar-refractivity contribution in [3.8, 4) is 0 Å². The molecule has 0 unspecified atom stereocenters. The molecular weight excluding hydrogens is 242 g/mol. The minimum absolute atomic E-state index is 0.112. The quantitative estimate of drug-likeness (QED) is 0.722. The maximum absolute atomic E-state index is 11.9. The van der Waals surface area contributed by atoms with Gasteiger partial charge in [0.05, 0.1) is 0 Å². The van der Waals surface area contributed by atoms with Crippen LogP contribution in [0.1, 0.15) is 21.6 Å². The molecule has 0 spiro atoms. The van der Waals surface area contributed by atoms with Crippen LogP contribution in [-0.2, 0) is 6.54 Å².